The van der Waals surface area contributed by atoms with E-state index in [0.717, 1.165) is 13.0 Å². The minimum Gasteiger partial charge on any atom is -0.354 e. The molecule has 0 saturated heterocycles. The monoisotopic (exact) mass is 258 g/mol. The predicted molar refractivity (Wildman–Crippen MR) is 75.9 cm³/mol. The molecule has 19 heavy (non-hydrogen) atoms. The lowest BCUT2D eigenvalue weighted by atomic mass is 9.83. The Kier molecular flexibility index (Phi) is 3.83. The highest BCUT2D eigenvalue weighted by Crippen LogP contribution is 2.29. The largest absolute Gasteiger partial charge is 0.354 e. The van der Waals surface area contributed by atoms with Gasteiger partial charge in [-0.05, 0) is 42.9 Å². The summed E-state index contributed by atoms with van der Waals surface area (Å²) in [6, 6.07) is 8.81. The minimum absolute atomic E-state index is 0.217. The molecule has 1 aromatic carbocycles. The molecule has 0 spiro atoms. The molecule has 1 fully saturated rings. The predicted octanol–water partition coefficient (Wildman–Crippen LogP) is 2.18. The van der Waals surface area contributed by atoms with Crippen LogP contribution < -0.4 is 10.6 Å². The van der Waals surface area contributed by atoms with E-state index in [0.29, 0.717) is 18.9 Å². The van der Waals surface area contributed by atoms with Crippen LogP contribution in [0.5, 0.6) is 0 Å². The lowest BCUT2D eigenvalue weighted by Gasteiger charge is -2.28. The standard InChI is InChI=1S/C16H22N2O/c19-16(10-12-4-3-5-12)18-11-15-14-7-2-1-6-13(14)8-9-17-15/h1-2,6-7,12,15,17H,3-5,8-11H2,(H,18,19). The number of rotatable bonds is 4. The minimum atomic E-state index is 0.217. The van der Waals surface area contributed by atoms with Gasteiger partial charge in [0.15, 0.2) is 0 Å². The Morgan fingerprint density at radius 3 is 2.95 bits per heavy atom. The summed E-state index contributed by atoms with van der Waals surface area (Å²) in [5, 5.41) is 6.59. The number of carbonyl (C=O) groups is 1. The highest BCUT2D eigenvalue weighted by atomic mass is 16.1. The van der Waals surface area contributed by atoms with Crippen molar-refractivity contribution in [3.8, 4) is 0 Å². The number of hydrogen-bond donors (Lipinski definition) is 2. The molecule has 1 atom stereocenters. The van der Waals surface area contributed by atoms with Crippen molar-refractivity contribution in [1.29, 1.82) is 0 Å². The second-order valence-electron chi connectivity index (χ2n) is 5.76. The number of carbonyl (C=O) groups excluding carboxylic acids is 1. The van der Waals surface area contributed by atoms with Gasteiger partial charge in [-0.15, -0.1) is 0 Å². The van der Waals surface area contributed by atoms with E-state index in [9.17, 15) is 4.79 Å². The fraction of sp³-hybridized carbons (Fsp3) is 0.562. The van der Waals surface area contributed by atoms with E-state index < -0.39 is 0 Å². The first kappa shape index (κ1) is 12.7. The Bertz CT molecular complexity index is 454. The summed E-state index contributed by atoms with van der Waals surface area (Å²) in [5.41, 5.74) is 2.76. The molecular weight excluding hydrogens is 236 g/mol. The number of benzene rings is 1. The summed E-state index contributed by atoms with van der Waals surface area (Å²) in [6.45, 7) is 1.71. The lowest BCUT2D eigenvalue weighted by molar-refractivity contribution is -0.122. The van der Waals surface area contributed by atoms with Crippen LogP contribution in [0.15, 0.2) is 24.3 Å². The summed E-state index contributed by atoms with van der Waals surface area (Å²) in [4.78, 5) is 11.9. The van der Waals surface area contributed by atoms with Crippen molar-refractivity contribution in [1.82, 2.24) is 10.6 Å². The lowest BCUT2D eigenvalue weighted by Crippen LogP contribution is -2.39. The highest BCUT2D eigenvalue weighted by molar-refractivity contribution is 5.76. The topological polar surface area (TPSA) is 41.1 Å². The van der Waals surface area contributed by atoms with Gasteiger partial charge in [-0.1, -0.05) is 30.7 Å². The SMILES string of the molecule is O=C(CC1CCC1)NCC1NCCc2ccccc21. The first-order chi connectivity index (χ1) is 9.33. The smallest absolute Gasteiger partial charge is 0.220 e. The van der Waals surface area contributed by atoms with E-state index in [1.807, 2.05) is 0 Å². The molecule has 2 N–H and O–H groups in total. The number of hydrogen-bond acceptors (Lipinski definition) is 2. The first-order valence-electron chi connectivity index (χ1n) is 7.41. The molecule has 1 amide bonds. The van der Waals surface area contributed by atoms with E-state index >= 15 is 0 Å². The molecule has 1 aliphatic heterocycles. The maximum atomic E-state index is 11.9. The molecule has 3 heteroatoms. The Labute approximate surface area is 114 Å². The van der Waals surface area contributed by atoms with Gasteiger partial charge in [0.05, 0.1) is 0 Å². The van der Waals surface area contributed by atoms with Gasteiger partial charge in [-0.2, -0.15) is 0 Å². The zero-order chi connectivity index (χ0) is 13.1. The van der Waals surface area contributed by atoms with Crippen LogP contribution in [0, 0.1) is 5.92 Å². The zero-order valence-corrected chi connectivity index (χ0v) is 11.3. The Morgan fingerprint density at radius 2 is 2.16 bits per heavy atom. The average molecular weight is 258 g/mol. The molecule has 0 aromatic heterocycles. The third kappa shape index (κ3) is 2.98. The van der Waals surface area contributed by atoms with Crippen molar-refractivity contribution < 1.29 is 4.79 Å². The Hall–Kier alpha value is -1.35. The van der Waals surface area contributed by atoms with Gasteiger partial charge in [-0.3, -0.25) is 4.79 Å². The van der Waals surface area contributed by atoms with Crippen LogP contribution in [-0.2, 0) is 11.2 Å². The van der Waals surface area contributed by atoms with Crippen LogP contribution in [-0.4, -0.2) is 19.0 Å². The van der Waals surface area contributed by atoms with Gasteiger partial charge in [0.25, 0.3) is 0 Å². The molecule has 0 bridgehead atoms. The van der Waals surface area contributed by atoms with Crippen LogP contribution in [0.25, 0.3) is 0 Å². The molecule has 3 rings (SSSR count). The molecule has 1 saturated carbocycles. The quantitative estimate of drug-likeness (QED) is 0.869. The Balaban J connectivity index is 1.54. The van der Waals surface area contributed by atoms with Gasteiger partial charge in [0, 0.05) is 19.0 Å². The molecule has 1 heterocycles. The van der Waals surface area contributed by atoms with E-state index in [1.165, 1.54) is 30.4 Å². The van der Waals surface area contributed by atoms with E-state index in [2.05, 4.69) is 34.9 Å². The van der Waals surface area contributed by atoms with Crippen molar-refractivity contribution in [2.45, 2.75) is 38.1 Å². The van der Waals surface area contributed by atoms with Gasteiger partial charge in [0.1, 0.15) is 0 Å². The summed E-state index contributed by atoms with van der Waals surface area (Å²) < 4.78 is 0. The Morgan fingerprint density at radius 1 is 1.32 bits per heavy atom. The molecule has 1 aliphatic carbocycles. The summed E-state index contributed by atoms with van der Waals surface area (Å²) in [6.07, 6.45) is 5.57. The number of fused-ring (bicyclic) bond motifs is 1. The molecule has 0 radical (unpaired) electrons. The third-order valence-electron chi connectivity index (χ3n) is 4.42. The fourth-order valence-electron chi connectivity index (χ4n) is 3.02. The molecule has 1 aromatic rings. The van der Waals surface area contributed by atoms with E-state index in [4.69, 9.17) is 0 Å². The zero-order valence-electron chi connectivity index (χ0n) is 11.3. The molecule has 1 unspecified atom stereocenters. The van der Waals surface area contributed by atoms with Crippen molar-refractivity contribution in [3.05, 3.63) is 35.4 Å². The van der Waals surface area contributed by atoms with E-state index in [1.54, 1.807) is 0 Å². The molecule has 3 nitrogen and oxygen atoms in total. The fourth-order valence-corrected chi connectivity index (χ4v) is 3.02. The summed E-state index contributed by atoms with van der Waals surface area (Å²) >= 11 is 0. The van der Waals surface area contributed by atoms with Crippen LogP contribution in [0.4, 0.5) is 0 Å². The van der Waals surface area contributed by atoms with Crippen molar-refractivity contribution in [3.63, 3.8) is 0 Å². The second-order valence-corrected chi connectivity index (χ2v) is 5.76. The van der Waals surface area contributed by atoms with Crippen molar-refractivity contribution in [2.75, 3.05) is 13.1 Å². The van der Waals surface area contributed by atoms with Gasteiger partial charge < -0.3 is 10.6 Å². The van der Waals surface area contributed by atoms with E-state index in [-0.39, 0.29) is 11.9 Å². The third-order valence-corrected chi connectivity index (χ3v) is 4.42. The second kappa shape index (κ2) is 5.74. The normalized spacial score (nSPS) is 22.4. The van der Waals surface area contributed by atoms with Gasteiger partial charge >= 0.3 is 0 Å². The summed E-state index contributed by atoms with van der Waals surface area (Å²) in [5.74, 6) is 0.862. The van der Waals surface area contributed by atoms with Crippen LogP contribution in [0.2, 0.25) is 0 Å². The maximum Gasteiger partial charge on any atom is 0.220 e. The van der Waals surface area contributed by atoms with Crippen LogP contribution in [0.3, 0.4) is 0 Å². The molecule has 2 aliphatic rings. The summed E-state index contributed by atoms with van der Waals surface area (Å²) in [7, 11) is 0. The highest BCUT2D eigenvalue weighted by Gasteiger charge is 2.22. The first-order valence-corrected chi connectivity index (χ1v) is 7.41. The molecule has 102 valence electrons. The van der Waals surface area contributed by atoms with Gasteiger partial charge in [0.2, 0.25) is 5.91 Å². The van der Waals surface area contributed by atoms with Crippen molar-refractivity contribution >= 4 is 5.91 Å². The molecular formula is C16H22N2O. The van der Waals surface area contributed by atoms with Crippen molar-refractivity contribution in [2.24, 2.45) is 5.92 Å². The number of amides is 1. The number of nitrogens with one attached hydrogen (secondary N) is 2. The average Bonchev–Trinajstić information content (AvgIpc) is 2.40. The van der Waals surface area contributed by atoms with Crippen LogP contribution in [0.1, 0.15) is 42.9 Å². The van der Waals surface area contributed by atoms with Gasteiger partial charge in [-0.25, -0.2) is 0 Å². The maximum absolute atomic E-state index is 11.9. The van der Waals surface area contributed by atoms with Crippen LogP contribution >= 0.6 is 0 Å².